The van der Waals surface area contributed by atoms with Crippen molar-refractivity contribution >= 4 is 33.4 Å². The number of ether oxygens (including phenoxy) is 3. The van der Waals surface area contributed by atoms with Gasteiger partial charge in [0.25, 0.3) is 0 Å². The Balaban J connectivity index is 2.14. The van der Waals surface area contributed by atoms with Gasteiger partial charge in [-0.25, -0.2) is 9.59 Å². The molecule has 0 unspecified atom stereocenters. The fourth-order valence-electron chi connectivity index (χ4n) is 2.82. The third-order valence-electron chi connectivity index (χ3n) is 4.04. The van der Waals surface area contributed by atoms with Crippen molar-refractivity contribution in [2.75, 3.05) is 20.3 Å². The minimum absolute atomic E-state index is 0.303. The number of hydrogen-bond acceptors (Lipinski definition) is 6. The van der Waals surface area contributed by atoms with Crippen molar-refractivity contribution in [3.63, 3.8) is 0 Å². The zero-order valence-electron chi connectivity index (χ0n) is 15.4. The van der Waals surface area contributed by atoms with E-state index in [9.17, 15) is 9.59 Å². The summed E-state index contributed by atoms with van der Waals surface area (Å²) in [6.45, 7) is 4.17. The van der Waals surface area contributed by atoms with Crippen molar-refractivity contribution < 1.29 is 23.8 Å². The number of fused-ring (bicyclic) bond motifs is 1. The molecule has 3 rings (SSSR count). The molecule has 5 nitrogen and oxygen atoms in total. The smallest absolute Gasteiger partial charge is 0.348 e. The number of hydrogen-bond donors (Lipinski definition) is 0. The molecule has 0 saturated heterocycles. The first-order valence-electron chi connectivity index (χ1n) is 8.64. The van der Waals surface area contributed by atoms with Crippen LogP contribution in [0.5, 0.6) is 5.75 Å². The first kappa shape index (κ1) is 18.9. The predicted octanol–water partition coefficient (Wildman–Crippen LogP) is 4.93. The van der Waals surface area contributed by atoms with Crippen molar-refractivity contribution in [1.29, 1.82) is 0 Å². The van der Waals surface area contributed by atoms with Crippen LogP contribution < -0.4 is 4.74 Å². The van der Waals surface area contributed by atoms with Crippen molar-refractivity contribution in [2.45, 2.75) is 13.8 Å². The number of thiophene rings is 1. The minimum atomic E-state index is -0.369. The highest BCUT2D eigenvalue weighted by molar-refractivity contribution is 7.21. The van der Waals surface area contributed by atoms with Crippen LogP contribution in [-0.4, -0.2) is 32.3 Å². The Morgan fingerprint density at radius 2 is 1.59 bits per heavy atom. The van der Waals surface area contributed by atoms with Crippen LogP contribution in [0.4, 0.5) is 0 Å². The van der Waals surface area contributed by atoms with E-state index in [0.29, 0.717) is 29.4 Å². The number of esters is 2. The van der Waals surface area contributed by atoms with E-state index in [-0.39, 0.29) is 11.9 Å². The van der Waals surface area contributed by atoms with Crippen LogP contribution in [0.15, 0.2) is 42.5 Å². The van der Waals surface area contributed by atoms with Crippen molar-refractivity contribution in [3.8, 4) is 16.9 Å². The Hall–Kier alpha value is -2.86. The van der Waals surface area contributed by atoms with Gasteiger partial charge < -0.3 is 14.2 Å². The van der Waals surface area contributed by atoms with E-state index in [1.807, 2.05) is 30.3 Å². The Morgan fingerprint density at radius 3 is 2.22 bits per heavy atom. The summed E-state index contributed by atoms with van der Waals surface area (Å²) in [6.07, 6.45) is 0. The summed E-state index contributed by atoms with van der Waals surface area (Å²) < 4.78 is 16.6. The average molecular weight is 384 g/mol. The van der Waals surface area contributed by atoms with Gasteiger partial charge in [-0.3, -0.25) is 0 Å². The lowest BCUT2D eigenvalue weighted by Crippen LogP contribution is -2.05. The molecule has 0 aliphatic rings. The van der Waals surface area contributed by atoms with Crippen molar-refractivity contribution in [3.05, 3.63) is 52.9 Å². The van der Waals surface area contributed by atoms with Crippen LogP contribution in [0.2, 0.25) is 0 Å². The Bertz CT molecular complexity index is 972. The molecule has 0 aliphatic heterocycles. The van der Waals surface area contributed by atoms with Crippen LogP contribution >= 0.6 is 11.3 Å². The van der Waals surface area contributed by atoms with Crippen LogP contribution in [0.1, 0.15) is 33.9 Å². The molecule has 0 bridgehead atoms. The number of carbonyl (C=O) groups is 2. The normalized spacial score (nSPS) is 10.6. The van der Waals surface area contributed by atoms with Gasteiger partial charge in [-0.15, -0.1) is 11.3 Å². The molecule has 0 amide bonds. The Morgan fingerprint density at radius 1 is 0.926 bits per heavy atom. The zero-order chi connectivity index (χ0) is 19.4. The summed E-state index contributed by atoms with van der Waals surface area (Å²) in [6, 6.07) is 12.7. The minimum Gasteiger partial charge on any atom is -0.497 e. The molecule has 0 aliphatic carbocycles. The summed E-state index contributed by atoms with van der Waals surface area (Å²) in [5.41, 5.74) is 2.07. The molecule has 2 aromatic carbocycles. The molecule has 0 atom stereocenters. The number of benzene rings is 2. The highest BCUT2D eigenvalue weighted by Crippen LogP contribution is 2.40. The molecule has 0 fully saturated rings. The Labute approximate surface area is 161 Å². The maximum Gasteiger partial charge on any atom is 0.348 e. The average Bonchev–Trinajstić information content (AvgIpc) is 3.07. The topological polar surface area (TPSA) is 61.8 Å². The molecule has 27 heavy (non-hydrogen) atoms. The molecule has 140 valence electrons. The molecular formula is C21H20O5S. The number of rotatable bonds is 6. The van der Waals surface area contributed by atoms with E-state index in [1.165, 1.54) is 11.3 Å². The number of carbonyl (C=O) groups excluding carboxylic acids is 2. The van der Waals surface area contributed by atoms with Gasteiger partial charge in [-0.05, 0) is 49.7 Å². The fraction of sp³-hybridized carbons (Fsp3) is 0.238. The molecule has 0 radical (unpaired) electrons. The first-order valence-corrected chi connectivity index (χ1v) is 9.45. The van der Waals surface area contributed by atoms with Gasteiger partial charge >= 0.3 is 11.9 Å². The molecule has 0 saturated carbocycles. The second-order valence-electron chi connectivity index (χ2n) is 5.69. The lowest BCUT2D eigenvalue weighted by Gasteiger charge is -2.07. The summed E-state index contributed by atoms with van der Waals surface area (Å²) >= 11 is 1.38. The monoisotopic (exact) mass is 384 g/mol. The Kier molecular flexibility index (Phi) is 5.76. The summed E-state index contributed by atoms with van der Waals surface area (Å²) in [4.78, 5) is 24.9. The highest BCUT2D eigenvalue weighted by atomic mass is 32.1. The standard InChI is InChI=1S/C21H20O5S/c1-4-25-20(22)14-8-6-13(7-9-14)18-16-12-15(24-3)10-11-17(16)27-19(18)21(23)26-5-2/h6-12H,4-5H2,1-3H3. The van der Waals surface area contributed by atoms with E-state index < -0.39 is 0 Å². The van der Waals surface area contributed by atoms with E-state index in [2.05, 4.69) is 0 Å². The van der Waals surface area contributed by atoms with Crippen LogP contribution in [0.3, 0.4) is 0 Å². The van der Waals surface area contributed by atoms with Gasteiger partial charge in [-0.2, -0.15) is 0 Å². The third kappa shape index (κ3) is 3.80. The SMILES string of the molecule is CCOC(=O)c1ccc(-c2c(C(=O)OCC)sc3ccc(OC)cc23)cc1. The largest absolute Gasteiger partial charge is 0.497 e. The first-order chi connectivity index (χ1) is 13.1. The van der Waals surface area contributed by atoms with Crippen molar-refractivity contribution in [1.82, 2.24) is 0 Å². The molecule has 0 N–H and O–H groups in total. The van der Waals surface area contributed by atoms with E-state index in [4.69, 9.17) is 14.2 Å². The third-order valence-corrected chi connectivity index (χ3v) is 5.19. The lowest BCUT2D eigenvalue weighted by atomic mass is 10.0. The zero-order valence-corrected chi connectivity index (χ0v) is 16.2. The molecule has 6 heteroatoms. The second kappa shape index (κ2) is 8.22. The van der Waals surface area contributed by atoms with Gasteiger partial charge in [0.15, 0.2) is 0 Å². The van der Waals surface area contributed by atoms with Gasteiger partial charge in [0.05, 0.1) is 25.9 Å². The van der Waals surface area contributed by atoms with E-state index in [0.717, 1.165) is 21.2 Å². The summed E-state index contributed by atoms with van der Waals surface area (Å²) in [5.74, 6) is -0.0197. The molecule has 0 spiro atoms. The van der Waals surface area contributed by atoms with Crippen LogP contribution in [0, 0.1) is 0 Å². The fourth-order valence-corrected chi connectivity index (χ4v) is 3.92. The maximum atomic E-state index is 12.5. The molecule has 1 aromatic heterocycles. The van der Waals surface area contributed by atoms with Gasteiger partial charge in [-0.1, -0.05) is 12.1 Å². The van der Waals surface area contributed by atoms with Gasteiger partial charge in [0, 0.05) is 15.6 Å². The quantitative estimate of drug-likeness (QED) is 0.564. The molecule has 3 aromatic rings. The molecule has 1 heterocycles. The maximum absolute atomic E-state index is 12.5. The predicted molar refractivity (Wildman–Crippen MR) is 106 cm³/mol. The summed E-state index contributed by atoms with van der Waals surface area (Å²) in [7, 11) is 1.60. The number of methoxy groups -OCH3 is 1. The van der Waals surface area contributed by atoms with Crippen LogP contribution in [-0.2, 0) is 9.47 Å². The van der Waals surface area contributed by atoms with Crippen LogP contribution in [0.25, 0.3) is 21.2 Å². The highest BCUT2D eigenvalue weighted by Gasteiger charge is 2.21. The summed E-state index contributed by atoms with van der Waals surface area (Å²) in [5, 5.41) is 0.909. The lowest BCUT2D eigenvalue weighted by molar-refractivity contribution is 0.0519. The van der Waals surface area contributed by atoms with Crippen molar-refractivity contribution in [2.24, 2.45) is 0 Å². The van der Waals surface area contributed by atoms with Gasteiger partial charge in [0.1, 0.15) is 10.6 Å². The van der Waals surface area contributed by atoms with Gasteiger partial charge in [0.2, 0.25) is 0 Å². The second-order valence-corrected chi connectivity index (χ2v) is 6.74. The van der Waals surface area contributed by atoms with E-state index >= 15 is 0 Å². The van der Waals surface area contributed by atoms with E-state index in [1.54, 1.807) is 33.1 Å². The molecular weight excluding hydrogens is 364 g/mol.